The molecule has 4 aromatic carbocycles. The summed E-state index contributed by atoms with van der Waals surface area (Å²) < 4.78 is 105. The number of carboxylic acid groups (broad SMARTS) is 1. The smallest absolute Gasteiger partial charge is 0.322 e. The standard InChI is InChI=1S/C59H64N8O15S3/c1-8-22-66-49(59(6,7)44-32-41(38-20-19-36(85(80,81)82)30-42(38)53(44)66)35-28-47(56(72)62-21-25-84(77,78)79)65-48(29-35)57(73)63-33-51(68)69)17-13-18-50-58(4,5)43-31-40(34-26-45(54(70)60-9-2)64-46(27-34)55(71)61-10-3)37-15-11-12-16-39(37)52(43)67(50)23-14-24-83(74,75)76/h11-13,15-20,26-32H,8-10,14,21-25,33H2,1-7H3,(H7-,60,61,62,63,68,69,70,71,72,73,74,75,76,77,78,79,80,81,82)/p+1. The van der Waals surface area contributed by atoms with Crippen molar-refractivity contribution in [2.24, 2.45) is 0 Å². The fourth-order valence-electron chi connectivity index (χ4n) is 11.0. The summed E-state index contributed by atoms with van der Waals surface area (Å²) >= 11 is 0. The first-order valence-corrected chi connectivity index (χ1v) is 31.8. The average Bonchev–Trinajstić information content (AvgIpc) is 1.70. The number of allylic oxidation sites excluding steroid dienone is 4. The van der Waals surface area contributed by atoms with Crippen LogP contribution in [0, 0.1) is 0 Å². The highest BCUT2D eigenvalue weighted by atomic mass is 32.2. The van der Waals surface area contributed by atoms with E-state index in [4.69, 9.17) is 0 Å². The summed E-state index contributed by atoms with van der Waals surface area (Å²) in [6, 6.07) is 21.3. The predicted molar refractivity (Wildman–Crippen MR) is 321 cm³/mol. The largest absolute Gasteiger partial charge is 0.480 e. The van der Waals surface area contributed by atoms with Gasteiger partial charge in [-0.1, -0.05) is 51.1 Å². The van der Waals surface area contributed by atoms with Gasteiger partial charge in [0.25, 0.3) is 54.0 Å². The zero-order valence-electron chi connectivity index (χ0n) is 47.6. The summed E-state index contributed by atoms with van der Waals surface area (Å²) in [5, 5.41) is 21.7. The Balaban J connectivity index is 1.32. The molecule has 2 aliphatic heterocycles. The molecule has 0 radical (unpaired) electrons. The fourth-order valence-corrected chi connectivity index (χ4v) is 12.4. The van der Waals surface area contributed by atoms with Crippen LogP contribution in [0.2, 0.25) is 0 Å². The SMILES string of the molecule is CCCN1/C(=C/C=C/C2=[N+](CCCS(=O)(=O)O)c3c(cc(-c4cc(C(=O)NCC)nc(C(=O)NCC)c4)c4ccccc34)C2(C)C)C(C)(C)c2cc(-c3cc(C(=O)NCCS(=O)(=O)O)nc(C(=O)NCC(=O)O)c3)c3ccc(S(=O)(=O)O)cc3c21. The van der Waals surface area contributed by atoms with Crippen molar-refractivity contribution >= 4 is 98.6 Å². The van der Waals surface area contributed by atoms with Crippen molar-refractivity contribution in [3.63, 3.8) is 0 Å². The van der Waals surface area contributed by atoms with Crippen LogP contribution in [-0.4, -0.2) is 145 Å². The summed E-state index contributed by atoms with van der Waals surface area (Å²) in [5.74, 6) is -5.62. The molecule has 8 rings (SSSR count). The molecular formula is C59H65N8O15S3+. The number of pyridine rings is 2. The van der Waals surface area contributed by atoms with E-state index in [2.05, 4.69) is 31.2 Å². The minimum absolute atomic E-state index is 0.0266. The molecule has 4 heterocycles. The highest BCUT2D eigenvalue weighted by Crippen LogP contribution is 2.54. The van der Waals surface area contributed by atoms with E-state index in [-0.39, 0.29) is 29.9 Å². The molecule has 6 aromatic rings. The van der Waals surface area contributed by atoms with Crippen molar-refractivity contribution in [1.82, 2.24) is 31.2 Å². The van der Waals surface area contributed by atoms with Crippen LogP contribution in [0.4, 0.5) is 11.4 Å². The Bertz CT molecular complexity index is 4200. The van der Waals surface area contributed by atoms with Gasteiger partial charge in [-0.25, -0.2) is 9.97 Å². The van der Waals surface area contributed by atoms with E-state index in [1.165, 1.54) is 30.3 Å². The van der Waals surface area contributed by atoms with Gasteiger partial charge in [0.15, 0.2) is 5.71 Å². The third-order valence-electron chi connectivity index (χ3n) is 14.8. The summed E-state index contributed by atoms with van der Waals surface area (Å²) in [6.45, 7) is 13.2. The number of aliphatic carboxylic acids is 1. The number of carbonyl (C=O) groups excluding carboxylic acids is 4. The van der Waals surface area contributed by atoms with E-state index >= 15 is 0 Å². The third-order valence-corrected chi connectivity index (χ3v) is 17.2. The second kappa shape index (κ2) is 24.4. The molecule has 448 valence electrons. The van der Waals surface area contributed by atoms with Gasteiger partial charge in [0.1, 0.15) is 35.9 Å². The number of benzene rings is 4. The van der Waals surface area contributed by atoms with Gasteiger partial charge in [-0.15, -0.1) is 0 Å². The van der Waals surface area contributed by atoms with Gasteiger partial charge in [0.2, 0.25) is 5.69 Å². The van der Waals surface area contributed by atoms with Crippen molar-refractivity contribution in [3.8, 4) is 22.3 Å². The van der Waals surface area contributed by atoms with Crippen molar-refractivity contribution in [3.05, 3.63) is 137 Å². The van der Waals surface area contributed by atoms with E-state index in [1.807, 2.05) is 98.7 Å². The molecule has 0 unspecified atom stereocenters. The van der Waals surface area contributed by atoms with Crippen LogP contribution in [0.3, 0.4) is 0 Å². The minimum atomic E-state index is -4.81. The number of carboxylic acids is 1. The van der Waals surface area contributed by atoms with Crippen LogP contribution in [0.1, 0.15) is 114 Å². The molecule has 0 saturated heterocycles. The molecule has 0 aliphatic carbocycles. The highest BCUT2D eigenvalue weighted by Gasteiger charge is 2.47. The number of anilines is 1. The maximum atomic E-state index is 13.6. The number of nitrogens with zero attached hydrogens (tertiary/aromatic N) is 4. The van der Waals surface area contributed by atoms with Gasteiger partial charge in [0, 0.05) is 60.7 Å². The molecule has 2 aliphatic rings. The molecule has 23 nitrogen and oxygen atoms in total. The highest BCUT2D eigenvalue weighted by molar-refractivity contribution is 7.86. The second-order valence-corrected chi connectivity index (χ2v) is 26.0. The zero-order chi connectivity index (χ0) is 62.1. The molecule has 8 N–H and O–H groups in total. The van der Waals surface area contributed by atoms with Crippen LogP contribution < -0.4 is 26.2 Å². The first-order chi connectivity index (χ1) is 39.9. The van der Waals surface area contributed by atoms with E-state index in [0.717, 1.165) is 33.4 Å². The quantitative estimate of drug-likeness (QED) is 0.0262. The Morgan fingerprint density at radius 2 is 1.14 bits per heavy atom. The van der Waals surface area contributed by atoms with Crippen LogP contribution >= 0.6 is 0 Å². The summed E-state index contributed by atoms with van der Waals surface area (Å²) in [7, 11) is -13.7. The first kappa shape index (κ1) is 62.8. The van der Waals surface area contributed by atoms with Crippen molar-refractivity contribution in [1.29, 1.82) is 0 Å². The lowest BCUT2D eigenvalue weighted by atomic mass is 9.79. The van der Waals surface area contributed by atoms with Gasteiger partial charge >= 0.3 is 5.97 Å². The molecule has 0 atom stereocenters. The maximum absolute atomic E-state index is 13.6. The van der Waals surface area contributed by atoms with Gasteiger partial charge in [-0.2, -0.15) is 29.8 Å². The number of aromatic nitrogens is 2. The summed E-state index contributed by atoms with van der Waals surface area (Å²) in [5.41, 5.74) is 3.50. The van der Waals surface area contributed by atoms with Gasteiger partial charge in [0.05, 0.1) is 32.9 Å². The topological polar surface area (TPSA) is 349 Å². The van der Waals surface area contributed by atoms with E-state index < -0.39 is 112 Å². The van der Waals surface area contributed by atoms with Crippen LogP contribution in [-0.2, 0) is 46.0 Å². The fraction of sp³-hybridized carbons (Fsp3) is 0.322. The molecule has 2 aromatic heterocycles. The molecule has 26 heteroatoms. The zero-order valence-corrected chi connectivity index (χ0v) is 50.1. The molecule has 0 spiro atoms. The van der Waals surface area contributed by atoms with Crippen LogP contribution in [0.15, 0.2) is 108 Å². The number of hydrogen-bond acceptors (Lipinski definition) is 14. The van der Waals surface area contributed by atoms with Crippen molar-refractivity contribution in [2.45, 2.75) is 77.0 Å². The molecular weight excluding hydrogens is 1160 g/mol. The molecule has 0 fully saturated rings. The monoisotopic (exact) mass is 1220 g/mol. The predicted octanol–water partition coefficient (Wildman–Crippen LogP) is 6.60. The number of carbonyl (C=O) groups is 5. The summed E-state index contributed by atoms with van der Waals surface area (Å²) in [6.07, 6.45) is 6.30. The van der Waals surface area contributed by atoms with Crippen molar-refractivity contribution < 1.29 is 72.6 Å². The number of nitrogens with one attached hydrogen (secondary N) is 4. The third kappa shape index (κ3) is 13.3. The molecule has 4 amide bonds. The first-order valence-electron chi connectivity index (χ1n) is 27.2. The Labute approximate surface area is 491 Å². The Morgan fingerprint density at radius 3 is 1.66 bits per heavy atom. The normalized spacial score (nSPS) is 15.1. The van der Waals surface area contributed by atoms with E-state index in [0.29, 0.717) is 64.8 Å². The number of hydrogen-bond donors (Lipinski definition) is 8. The molecule has 0 bridgehead atoms. The van der Waals surface area contributed by atoms with Gasteiger partial charge in [-0.05, 0) is 133 Å². The maximum Gasteiger partial charge on any atom is 0.322 e. The van der Waals surface area contributed by atoms with Gasteiger partial charge < -0.3 is 31.3 Å². The lowest BCUT2D eigenvalue weighted by Crippen LogP contribution is -2.32. The summed E-state index contributed by atoms with van der Waals surface area (Å²) in [4.78, 5) is 75.5. The number of fused-ring (bicyclic) bond motifs is 6. The number of rotatable bonds is 22. The lowest BCUT2D eigenvalue weighted by molar-refractivity contribution is -0.435. The van der Waals surface area contributed by atoms with E-state index in [9.17, 15) is 68.0 Å². The Kier molecular flexibility index (Phi) is 18.0. The minimum Gasteiger partial charge on any atom is -0.480 e. The lowest BCUT2D eigenvalue weighted by Gasteiger charge is -2.27. The van der Waals surface area contributed by atoms with Crippen molar-refractivity contribution in [2.75, 3.05) is 55.7 Å². The van der Waals surface area contributed by atoms with Crippen LogP contribution in [0.5, 0.6) is 0 Å². The van der Waals surface area contributed by atoms with Gasteiger partial charge in [-0.3, -0.25) is 37.6 Å². The average molecular weight is 1220 g/mol. The second-order valence-electron chi connectivity index (χ2n) is 21.4. The number of amides is 4. The van der Waals surface area contributed by atoms with E-state index in [1.54, 1.807) is 26.0 Å². The molecule has 0 saturated carbocycles. The Morgan fingerprint density at radius 1 is 0.624 bits per heavy atom. The molecule has 85 heavy (non-hydrogen) atoms. The Hall–Kier alpha value is -8.27. The van der Waals surface area contributed by atoms with Crippen LogP contribution in [0.25, 0.3) is 43.8 Å².